The van der Waals surface area contributed by atoms with Gasteiger partial charge < -0.3 is 14.0 Å². The van der Waals surface area contributed by atoms with Crippen molar-refractivity contribution in [3.8, 4) is 23.8 Å². The van der Waals surface area contributed by atoms with E-state index in [-0.39, 0.29) is 0 Å². The largest absolute Gasteiger partial charge is 0.493 e. The van der Waals surface area contributed by atoms with Crippen LogP contribution in [0.5, 0.6) is 11.5 Å². The first-order valence-electron chi connectivity index (χ1n) is 7.35. The molecular weight excluding hydrogens is 288 g/mol. The predicted octanol–water partition coefficient (Wildman–Crippen LogP) is 3.28. The van der Waals surface area contributed by atoms with E-state index in [0.29, 0.717) is 24.5 Å². The first-order chi connectivity index (χ1) is 11.3. The zero-order chi connectivity index (χ0) is 16.2. The number of benzene rings is 2. The van der Waals surface area contributed by atoms with Crippen LogP contribution in [0.15, 0.2) is 42.5 Å². The maximum Gasteiger partial charge on any atom is 0.161 e. The molecule has 0 N–H and O–H groups in total. The van der Waals surface area contributed by atoms with Gasteiger partial charge in [-0.25, -0.2) is 4.98 Å². The van der Waals surface area contributed by atoms with Crippen LogP contribution in [0.3, 0.4) is 0 Å². The quantitative estimate of drug-likeness (QED) is 0.679. The fraction of sp³-hybridized carbons (Fsp3) is 0.211. The van der Waals surface area contributed by atoms with E-state index in [1.807, 2.05) is 42.5 Å². The summed E-state index contributed by atoms with van der Waals surface area (Å²) in [6.07, 6.45) is 6.20. The van der Waals surface area contributed by atoms with Crippen molar-refractivity contribution in [2.45, 2.75) is 13.0 Å². The summed E-state index contributed by atoms with van der Waals surface area (Å²) in [6, 6.07) is 13.9. The molecule has 3 rings (SSSR count). The Hall–Kier alpha value is -2.93. The Morgan fingerprint density at radius 3 is 2.61 bits per heavy atom. The lowest BCUT2D eigenvalue weighted by atomic mass is 10.1. The van der Waals surface area contributed by atoms with Crippen molar-refractivity contribution in [2.75, 3.05) is 14.2 Å². The molecule has 4 heteroatoms. The van der Waals surface area contributed by atoms with E-state index in [1.165, 1.54) is 0 Å². The van der Waals surface area contributed by atoms with E-state index in [2.05, 4.69) is 10.5 Å². The molecule has 0 saturated heterocycles. The van der Waals surface area contributed by atoms with Gasteiger partial charge in [-0.2, -0.15) is 0 Å². The van der Waals surface area contributed by atoms with E-state index in [1.54, 1.807) is 14.2 Å². The highest BCUT2D eigenvalue weighted by atomic mass is 16.5. The van der Waals surface area contributed by atoms with Crippen LogP contribution in [-0.2, 0) is 13.0 Å². The second-order valence-electron chi connectivity index (χ2n) is 5.17. The summed E-state index contributed by atoms with van der Waals surface area (Å²) in [4.78, 5) is 4.72. The fourth-order valence-corrected chi connectivity index (χ4v) is 2.70. The Labute approximate surface area is 135 Å². The van der Waals surface area contributed by atoms with E-state index in [4.69, 9.17) is 20.9 Å². The summed E-state index contributed by atoms with van der Waals surface area (Å²) in [5.41, 5.74) is 3.11. The highest BCUT2D eigenvalue weighted by Crippen LogP contribution is 2.29. The molecule has 23 heavy (non-hydrogen) atoms. The molecular formula is C19H18N2O2. The molecule has 0 aliphatic rings. The van der Waals surface area contributed by atoms with Gasteiger partial charge in [-0.3, -0.25) is 0 Å². The van der Waals surface area contributed by atoms with Gasteiger partial charge in [-0.05, 0) is 29.8 Å². The van der Waals surface area contributed by atoms with Gasteiger partial charge in [0.05, 0.1) is 31.8 Å². The van der Waals surface area contributed by atoms with E-state index in [9.17, 15) is 0 Å². The molecule has 0 spiro atoms. The molecule has 0 aliphatic carbocycles. The van der Waals surface area contributed by atoms with Crippen LogP contribution in [0.1, 0.15) is 11.4 Å². The minimum Gasteiger partial charge on any atom is -0.493 e. The predicted molar refractivity (Wildman–Crippen MR) is 90.9 cm³/mol. The van der Waals surface area contributed by atoms with Gasteiger partial charge in [0.25, 0.3) is 0 Å². The number of methoxy groups -OCH3 is 2. The van der Waals surface area contributed by atoms with Crippen LogP contribution in [0, 0.1) is 12.3 Å². The van der Waals surface area contributed by atoms with E-state index >= 15 is 0 Å². The minimum absolute atomic E-state index is 0.503. The van der Waals surface area contributed by atoms with Crippen LogP contribution in [0.4, 0.5) is 0 Å². The molecule has 0 amide bonds. The van der Waals surface area contributed by atoms with Crippen molar-refractivity contribution in [1.29, 1.82) is 0 Å². The monoisotopic (exact) mass is 306 g/mol. The SMILES string of the molecule is C#CCn1c(Cc2ccc(OC)c(OC)c2)nc2ccccc21. The number of hydrogen-bond donors (Lipinski definition) is 0. The van der Waals surface area contributed by atoms with Crippen molar-refractivity contribution in [3.63, 3.8) is 0 Å². The normalized spacial score (nSPS) is 10.5. The van der Waals surface area contributed by atoms with Crippen molar-refractivity contribution in [3.05, 3.63) is 53.9 Å². The summed E-state index contributed by atoms with van der Waals surface area (Å²) in [5.74, 6) is 5.08. The highest BCUT2D eigenvalue weighted by Gasteiger charge is 2.12. The van der Waals surface area contributed by atoms with Gasteiger partial charge in [0.1, 0.15) is 5.82 Å². The second kappa shape index (κ2) is 6.45. The van der Waals surface area contributed by atoms with Crippen LogP contribution in [0.25, 0.3) is 11.0 Å². The van der Waals surface area contributed by atoms with Crippen LogP contribution < -0.4 is 9.47 Å². The summed E-state index contributed by atoms with van der Waals surface area (Å²) < 4.78 is 12.7. The molecule has 4 nitrogen and oxygen atoms in total. The summed E-state index contributed by atoms with van der Waals surface area (Å²) in [5, 5.41) is 0. The number of imidazole rings is 1. The third-order valence-corrected chi connectivity index (χ3v) is 3.79. The Balaban J connectivity index is 2.01. The summed E-state index contributed by atoms with van der Waals surface area (Å²) >= 11 is 0. The van der Waals surface area contributed by atoms with Crippen molar-refractivity contribution in [2.24, 2.45) is 0 Å². The number of ether oxygens (including phenoxy) is 2. The number of terminal acetylenes is 1. The maximum atomic E-state index is 5.52. The summed E-state index contributed by atoms with van der Waals surface area (Å²) in [7, 11) is 3.26. The van der Waals surface area contributed by atoms with Gasteiger partial charge in [0.15, 0.2) is 11.5 Å². The van der Waals surface area contributed by atoms with Crippen LogP contribution in [0.2, 0.25) is 0 Å². The number of nitrogens with zero attached hydrogens (tertiary/aromatic N) is 2. The number of para-hydroxylation sites is 2. The molecule has 1 heterocycles. The number of hydrogen-bond acceptors (Lipinski definition) is 3. The number of fused-ring (bicyclic) bond motifs is 1. The average Bonchev–Trinajstić information content (AvgIpc) is 2.92. The molecule has 3 aromatic rings. The van der Waals surface area contributed by atoms with Gasteiger partial charge >= 0.3 is 0 Å². The first-order valence-corrected chi connectivity index (χ1v) is 7.35. The lowest BCUT2D eigenvalue weighted by molar-refractivity contribution is 0.354. The Morgan fingerprint density at radius 2 is 1.87 bits per heavy atom. The molecule has 1 aromatic heterocycles. The van der Waals surface area contributed by atoms with Crippen molar-refractivity contribution >= 4 is 11.0 Å². The van der Waals surface area contributed by atoms with Crippen LogP contribution >= 0.6 is 0 Å². The summed E-state index contributed by atoms with van der Waals surface area (Å²) in [6.45, 7) is 0.503. The molecule has 0 fully saturated rings. The van der Waals surface area contributed by atoms with Crippen molar-refractivity contribution < 1.29 is 9.47 Å². The number of rotatable bonds is 5. The minimum atomic E-state index is 0.503. The third kappa shape index (κ3) is 2.86. The van der Waals surface area contributed by atoms with Gasteiger partial charge in [-0.1, -0.05) is 24.1 Å². The average molecular weight is 306 g/mol. The molecule has 116 valence electrons. The van der Waals surface area contributed by atoms with Crippen LogP contribution in [-0.4, -0.2) is 23.8 Å². The highest BCUT2D eigenvalue weighted by molar-refractivity contribution is 5.76. The second-order valence-corrected chi connectivity index (χ2v) is 5.17. The zero-order valence-corrected chi connectivity index (χ0v) is 13.2. The molecule has 2 aromatic carbocycles. The molecule has 0 aliphatic heterocycles. The lowest BCUT2D eigenvalue weighted by Crippen LogP contribution is -2.04. The lowest BCUT2D eigenvalue weighted by Gasteiger charge is -2.10. The fourth-order valence-electron chi connectivity index (χ4n) is 2.70. The Kier molecular flexibility index (Phi) is 4.20. The maximum absolute atomic E-state index is 5.52. The first kappa shape index (κ1) is 15.0. The molecule has 0 radical (unpaired) electrons. The number of aromatic nitrogens is 2. The van der Waals surface area contributed by atoms with E-state index in [0.717, 1.165) is 22.4 Å². The van der Waals surface area contributed by atoms with Gasteiger partial charge in [0, 0.05) is 6.42 Å². The Morgan fingerprint density at radius 1 is 1.09 bits per heavy atom. The topological polar surface area (TPSA) is 36.3 Å². The molecule has 0 atom stereocenters. The van der Waals surface area contributed by atoms with E-state index < -0.39 is 0 Å². The van der Waals surface area contributed by atoms with Gasteiger partial charge in [-0.15, -0.1) is 6.42 Å². The Bertz CT molecular complexity index is 875. The zero-order valence-electron chi connectivity index (χ0n) is 13.2. The molecule has 0 bridgehead atoms. The standard InChI is InChI=1S/C19H18N2O2/c1-4-11-21-16-8-6-5-7-15(16)20-19(21)13-14-9-10-17(22-2)18(12-14)23-3/h1,5-10,12H,11,13H2,2-3H3. The smallest absolute Gasteiger partial charge is 0.161 e. The van der Waals surface area contributed by atoms with Gasteiger partial charge in [0.2, 0.25) is 0 Å². The molecule has 0 saturated carbocycles. The molecule has 0 unspecified atom stereocenters. The third-order valence-electron chi connectivity index (χ3n) is 3.79. The van der Waals surface area contributed by atoms with Crippen molar-refractivity contribution in [1.82, 2.24) is 9.55 Å².